The number of hydrazine groups is 1. The number of rotatable bonds is 5. The van der Waals surface area contributed by atoms with Gasteiger partial charge in [-0.3, -0.25) is 11.3 Å². The maximum atomic E-state index is 13.0. The lowest BCUT2D eigenvalue weighted by Gasteiger charge is -2.17. The highest BCUT2D eigenvalue weighted by molar-refractivity contribution is 6.31. The summed E-state index contributed by atoms with van der Waals surface area (Å²) in [4.78, 5) is 0. The van der Waals surface area contributed by atoms with Crippen LogP contribution >= 0.6 is 11.6 Å². The molecule has 0 bridgehead atoms. The van der Waals surface area contributed by atoms with Crippen molar-refractivity contribution in [3.8, 4) is 0 Å². The van der Waals surface area contributed by atoms with Crippen LogP contribution in [-0.4, -0.2) is 0 Å². The van der Waals surface area contributed by atoms with E-state index in [2.05, 4.69) is 36.6 Å². The zero-order valence-electron chi connectivity index (χ0n) is 11.4. The quantitative estimate of drug-likeness (QED) is 0.650. The SMILES string of the molecule is CCc1ccc(C(Cc2ccc(F)cc2Cl)NN)cc1. The zero-order valence-corrected chi connectivity index (χ0v) is 12.1. The van der Waals surface area contributed by atoms with Gasteiger partial charge in [-0.05, 0) is 41.7 Å². The van der Waals surface area contributed by atoms with E-state index in [4.69, 9.17) is 17.4 Å². The van der Waals surface area contributed by atoms with Crippen molar-refractivity contribution in [2.24, 2.45) is 5.84 Å². The summed E-state index contributed by atoms with van der Waals surface area (Å²) in [6.45, 7) is 2.12. The molecule has 2 aromatic carbocycles. The van der Waals surface area contributed by atoms with E-state index in [1.807, 2.05) is 0 Å². The van der Waals surface area contributed by atoms with Crippen LogP contribution in [-0.2, 0) is 12.8 Å². The molecule has 2 nitrogen and oxygen atoms in total. The smallest absolute Gasteiger partial charge is 0.124 e. The van der Waals surface area contributed by atoms with Gasteiger partial charge in [-0.2, -0.15) is 0 Å². The number of aryl methyl sites for hydroxylation is 1. The molecule has 0 saturated heterocycles. The lowest BCUT2D eigenvalue weighted by molar-refractivity contribution is 0.550. The van der Waals surface area contributed by atoms with E-state index in [-0.39, 0.29) is 11.9 Å². The molecule has 0 aromatic heterocycles. The fourth-order valence-corrected chi connectivity index (χ4v) is 2.41. The highest BCUT2D eigenvalue weighted by Crippen LogP contribution is 2.24. The Bertz CT molecular complexity index is 569. The van der Waals surface area contributed by atoms with Crippen LogP contribution in [0.15, 0.2) is 42.5 Å². The van der Waals surface area contributed by atoms with Gasteiger partial charge in [-0.15, -0.1) is 0 Å². The summed E-state index contributed by atoms with van der Waals surface area (Å²) in [5.41, 5.74) is 6.03. The van der Waals surface area contributed by atoms with Crippen LogP contribution in [0, 0.1) is 5.82 Å². The van der Waals surface area contributed by atoms with Crippen molar-refractivity contribution in [1.29, 1.82) is 0 Å². The van der Waals surface area contributed by atoms with Crippen LogP contribution in [0.1, 0.15) is 29.7 Å². The Morgan fingerprint density at radius 1 is 1.20 bits per heavy atom. The molecule has 20 heavy (non-hydrogen) atoms. The van der Waals surface area contributed by atoms with Gasteiger partial charge in [0.25, 0.3) is 0 Å². The van der Waals surface area contributed by atoms with Gasteiger partial charge < -0.3 is 0 Å². The molecule has 2 rings (SSSR count). The largest absolute Gasteiger partial charge is 0.271 e. The molecule has 0 amide bonds. The summed E-state index contributed by atoms with van der Waals surface area (Å²) < 4.78 is 13.0. The van der Waals surface area contributed by atoms with Crippen LogP contribution in [0.5, 0.6) is 0 Å². The summed E-state index contributed by atoms with van der Waals surface area (Å²) in [7, 11) is 0. The molecule has 0 aliphatic rings. The Morgan fingerprint density at radius 3 is 2.45 bits per heavy atom. The lowest BCUT2D eigenvalue weighted by Crippen LogP contribution is -2.29. The van der Waals surface area contributed by atoms with E-state index in [0.29, 0.717) is 11.4 Å². The third kappa shape index (κ3) is 3.57. The number of halogens is 2. The Morgan fingerprint density at radius 2 is 1.90 bits per heavy atom. The van der Waals surface area contributed by atoms with Crippen molar-refractivity contribution in [3.05, 3.63) is 70.0 Å². The molecule has 4 heteroatoms. The topological polar surface area (TPSA) is 38.0 Å². The average Bonchev–Trinajstić information content (AvgIpc) is 2.47. The van der Waals surface area contributed by atoms with Crippen LogP contribution < -0.4 is 11.3 Å². The molecule has 0 heterocycles. The minimum atomic E-state index is -0.330. The molecule has 1 unspecified atom stereocenters. The van der Waals surface area contributed by atoms with Gasteiger partial charge in [0.2, 0.25) is 0 Å². The first-order chi connectivity index (χ1) is 9.63. The predicted octanol–water partition coefficient (Wildman–Crippen LogP) is 3.79. The molecule has 2 aromatic rings. The van der Waals surface area contributed by atoms with E-state index < -0.39 is 0 Å². The number of benzene rings is 2. The van der Waals surface area contributed by atoms with Gasteiger partial charge in [0.15, 0.2) is 0 Å². The van der Waals surface area contributed by atoms with E-state index in [9.17, 15) is 4.39 Å². The standard InChI is InChI=1S/C16H18ClFN2/c1-2-11-3-5-12(6-4-11)16(20-19)9-13-7-8-14(18)10-15(13)17/h3-8,10,16,20H,2,9,19H2,1H3. The number of hydrogen-bond acceptors (Lipinski definition) is 2. The van der Waals surface area contributed by atoms with Crippen molar-refractivity contribution in [2.45, 2.75) is 25.8 Å². The van der Waals surface area contributed by atoms with Crippen LogP contribution in [0.25, 0.3) is 0 Å². The fourth-order valence-electron chi connectivity index (χ4n) is 2.17. The predicted molar refractivity (Wildman–Crippen MR) is 81.0 cm³/mol. The first kappa shape index (κ1) is 15.0. The molecule has 3 N–H and O–H groups in total. The van der Waals surface area contributed by atoms with Crippen molar-refractivity contribution in [3.63, 3.8) is 0 Å². The first-order valence-corrected chi connectivity index (χ1v) is 7.00. The monoisotopic (exact) mass is 292 g/mol. The van der Waals surface area contributed by atoms with E-state index in [1.54, 1.807) is 6.07 Å². The second-order valence-electron chi connectivity index (χ2n) is 4.75. The summed E-state index contributed by atoms with van der Waals surface area (Å²) in [5, 5.41) is 0.426. The van der Waals surface area contributed by atoms with Gasteiger partial charge in [-0.25, -0.2) is 4.39 Å². The number of nitrogens with two attached hydrogens (primary N) is 1. The van der Waals surface area contributed by atoms with Crippen molar-refractivity contribution < 1.29 is 4.39 Å². The molecule has 0 aliphatic carbocycles. The van der Waals surface area contributed by atoms with Gasteiger partial charge >= 0.3 is 0 Å². The summed E-state index contributed by atoms with van der Waals surface area (Å²) in [6.07, 6.45) is 1.62. The molecule has 0 aliphatic heterocycles. The van der Waals surface area contributed by atoms with Gasteiger partial charge in [-0.1, -0.05) is 48.9 Å². The van der Waals surface area contributed by atoms with Gasteiger partial charge in [0, 0.05) is 5.02 Å². The highest BCUT2D eigenvalue weighted by atomic mass is 35.5. The molecule has 0 radical (unpaired) electrons. The average molecular weight is 293 g/mol. The Balaban J connectivity index is 2.19. The van der Waals surface area contributed by atoms with Gasteiger partial charge in [0.1, 0.15) is 5.82 Å². The summed E-state index contributed by atoms with van der Waals surface area (Å²) >= 11 is 6.06. The Hall–Kier alpha value is -1.42. The first-order valence-electron chi connectivity index (χ1n) is 6.63. The second kappa shape index (κ2) is 6.84. The van der Waals surface area contributed by atoms with Crippen molar-refractivity contribution in [1.82, 2.24) is 5.43 Å². The highest BCUT2D eigenvalue weighted by Gasteiger charge is 2.13. The number of hydrogen-bond donors (Lipinski definition) is 2. The third-order valence-corrected chi connectivity index (χ3v) is 3.78. The van der Waals surface area contributed by atoms with E-state index in [1.165, 1.54) is 17.7 Å². The van der Waals surface area contributed by atoms with E-state index in [0.717, 1.165) is 17.5 Å². The maximum absolute atomic E-state index is 13.0. The van der Waals surface area contributed by atoms with Crippen LogP contribution in [0.4, 0.5) is 4.39 Å². The molecule has 1 atom stereocenters. The molecular weight excluding hydrogens is 275 g/mol. The number of nitrogens with one attached hydrogen (secondary N) is 1. The van der Waals surface area contributed by atoms with Crippen molar-refractivity contribution in [2.75, 3.05) is 0 Å². The Kier molecular flexibility index (Phi) is 5.12. The fraction of sp³-hybridized carbons (Fsp3) is 0.250. The molecule has 0 fully saturated rings. The minimum Gasteiger partial charge on any atom is -0.271 e. The van der Waals surface area contributed by atoms with Crippen molar-refractivity contribution >= 4 is 11.6 Å². The summed E-state index contributed by atoms with van der Waals surface area (Å²) in [6, 6.07) is 12.7. The normalized spacial score (nSPS) is 12.4. The maximum Gasteiger partial charge on any atom is 0.124 e. The summed E-state index contributed by atoms with van der Waals surface area (Å²) in [5.74, 6) is 5.31. The molecule has 0 spiro atoms. The molecule has 0 saturated carbocycles. The lowest BCUT2D eigenvalue weighted by atomic mass is 9.98. The zero-order chi connectivity index (χ0) is 14.5. The molecule has 106 valence electrons. The second-order valence-corrected chi connectivity index (χ2v) is 5.16. The Labute approximate surface area is 123 Å². The van der Waals surface area contributed by atoms with Gasteiger partial charge in [0.05, 0.1) is 6.04 Å². The third-order valence-electron chi connectivity index (χ3n) is 3.43. The molecular formula is C16H18ClFN2. The van der Waals surface area contributed by atoms with Crippen LogP contribution in [0.3, 0.4) is 0 Å². The minimum absolute atomic E-state index is 0.0520. The van der Waals surface area contributed by atoms with Crippen LogP contribution in [0.2, 0.25) is 5.02 Å². The van der Waals surface area contributed by atoms with E-state index >= 15 is 0 Å².